The van der Waals surface area contributed by atoms with Gasteiger partial charge >= 0.3 is 0 Å². The van der Waals surface area contributed by atoms with Gasteiger partial charge in [-0.25, -0.2) is 0 Å². The number of hydrogen-bond donors (Lipinski definition) is 2. The largest absolute Gasteiger partial charge is 0.328 e. The van der Waals surface area contributed by atoms with E-state index in [1.54, 1.807) is 0 Å². The summed E-state index contributed by atoms with van der Waals surface area (Å²) in [4.78, 5) is 0. The molecule has 17 heavy (non-hydrogen) atoms. The smallest absolute Gasteiger partial charge is 0.279 e. The van der Waals surface area contributed by atoms with E-state index in [9.17, 15) is 8.42 Å². The van der Waals surface area contributed by atoms with E-state index in [0.29, 0.717) is 13.1 Å². The Labute approximate surface area is 111 Å². The number of halogens is 1. The number of hydrogen-bond acceptors (Lipinski definition) is 3. The molecule has 5 nitrogen and oxygen atoms in total. The Hall–Kier alpha value is 0.120. The first-order valence-corrected chi connectivity index (χ1v) is 7.46. The van der Waals surface area contributed by atoms with Crippen molar-refractivity contribution in [2.75, 3.05) is 13.1 Å². The monoisotopic (exact) mass is 285 g/mol. The molecule has 0 saturated heterocycles. The van der Waals surface area contributed by atoms with Crippen LogP contribution in [0.1, 0.15) is 39.5 Å². The number of nitrogens with zero attached hydrogens (tertiary/aromatic N) is 1. The van der Waals surface area contributed by atoms with Crippen LogP contribution >= 0.6 is 12.4 Å². The van der Waals surface area contributed by atoms with Gasteiger partial charge in [-0.1, -0.05) is 13.8 Å². The van der Waals surface area contributed by atoms with E-state index in [2.05, 4.69) is 4.72 Å². The van der Waals surface area contributed by atoms with Gasteiger partial charge in [0.15, 0.2) is 0 Å². The molecule has 1 rings (SSSR count). The lowest BCUT2D eigenvalue weighted by molar-refractivity contribution is 0.358. The van der Waals surface area contributed by atoms with Crippen molar-refractivity contribution in [1.82, 2.24) is 9.03 Å². The zero-order valence-corrected chi connectivity index (χ0v) is 12.2. The molecule has 0 aliphatic heterocycles. The lowest BCUT2D eigenvalue weighted by Gasteiger charge is -2.29. The molecule has 0 spiro atoms. The Balaban J connectivity index is 0.00000256. The van der Waals surface area contributed by atoms with E-state index in [1.165, 1.54) is 4.31 Å². The molecule has 7 heteroatoms. The van der Waals surface area contributed by atoms with Gasteiger partial charge < -0.3 is 5.73 Å². The minimum atomic E-state index is -3.30. The van der Waals surface area contributed by atoms with E-state index in [0.717, 1.165) is 25.7 Å². The second-order valence-corrected chi connectivity index (χ2v) is 6.02. The third kappa shape index (κ3) is 5.09. The van der Waals surface area contributed by atoms with E-state index in [-0.39, 0.29) is 24.5 Å². The number of rotatable bonds is 5. The van der Waals surface area contributed by atoms with Crippen molar-refractivity contribution >= 4 is 22.6 Å². The molecule has 1 saturated carbocycles. The molecular weight excluding hydrogens is 262 g/mol. The van der Waals surface area contributed by atoms with Gasteiger partial charge in [0.25, 0.3) is 10.2 Å². The lowest BCUT2D eigenvalue weighted by Crippen LogP contribution is -2.47. The van der Waals surface area contributed by atoms with Gasteiger partial charge in [0.2, 0.25) is 0 Å². The maximum atomic E-state index is 11.9. The molecule has 1 aliphatic rings. The van der Waals surface area contributed by atoms with Crippen LogP contribution in [0.3, 0.4) is 0 Å². The molecule has 0 unspecified atom stereocenters. The molecule has 0 aromatic rings. The van der Waals surface area contributed by atoms with Crippen molar-refractivity contribution in [2.45, 2.75) is 51.6 Å². The van der Waals surface area contributed by atoms with Crippen LogP contribution in [-0.2, 0) is 10.2 Å². The van der Waals surface area contributed by atoms with Gasteiger partial charge in [-0.3, -0.25) is 0 Å². The second kappa shape index (κ2) is 7.53. The first-order valence-electron chi connectivity index (χ1n) is 6.02. The summed E-state index contributed by atoms with van der Waals surface area (Å²) in [5, 5.41) is 0. The van der Waals surface area contributed by atoms with Crippen molar-refractivity contribution in [3.8, 4) is 0 Å². The Morgan fingerprint density at radius 2 is 1.65 bits per heavy atom. The van der Waals surface area contributed by atoms with E-state index >= 15 is 0 Å². The molecule has 0 heterocycles. The van der Waals surface area contributed by atoms with Gasteiger partial charge in [0.05, 0.1) is 0 Å². The molecule has 0 atom stereocenters. The fourth-order valence-electron chi connectivity index (χ4n) is 2.09. The van der Waals surface area contributed by atoms with E-state index in [4.69, 9.17) is 5.73 Å². The summed E-state index contributed by atoms with van der Waals surface area (Å²) in [6.07, 6.45) is 3.51. The molecular formula is C10H24ClN3O2S. The Morgan fingerprint density at radius 1 is 1.18 bits per heavy atom. The van der Waals surface area contributed by atoms with Gasteiger partial charge in [-0.05, 0) is 25.7 Å². The normalized spacial score (nSPS) is 25.6. The average Bonchev–Trinajstić information content (AvgIpc) is 2.22. The van der Waals surface area contributed by atoms with Crippen molar-refractivity contribution in [3.63, 3.8) is 0 Å². The van der Waals surface area contributed by atoms with Crippen molar-refractivity contribution in [1.29, 1.82) is 0 Å². The summed E-state index contributed by atoms with van der Waals surface area (Å²) in [6, 6.07) is 0.305. The Morgan fingerprint density at radius 3 is 2.06 bits per heavy atom. The van der Waals surface area contributed by atoms with Crippen molar-refractivity contribution < 1.29 is 8.42 Å². The van der Waals surface area contributed by atoms with Gasteiger partial charge in [0.1, 0.15) is 0 Å². The molecule has 1 fully saturated rings. The van der Waals surface area contributed by atoms with Crippen LogP contribution in [0.4, 0.5) is 0 Å². The molecule has 0 radical (unpaired) electrons. The number of nitrogens with two attached hydrogens (primary N) is 1. The first-order chi connectivity index (χ1) is 7.49. The minimum absolute atomic E-state index is 0. The van der Waals surface area contributed by atoms with Crippen LogP contribution in [0.5, 0.6) is 0 Å². The van der Waals surface area contributed by atoms with Gasteiger partial charge in [0, 0.05) is 25.2 Å². The SMILES string of the molecule is CCN(CC)S(=O)(=O)NC1CCC(N)CC1.Cl. The topological polar surface area (TPSA) is 75.4 Å². The average molecular weight is 286 g/mol. The van der Waals surface area contributed by atoms with Gasteiger partial charge in [-0.2, -0.15) is 17.4 Å². The molecule has 0 aromatic carbocycles. The Bertz CT molecular complexity index is 299. The summed E-state index contributed by atoms with van der Waals surface area (Å²) in [7, 11) is -3.30. The maximum Gasteiger partial charge on any atom is 0.279 e. The fraction of sp³-hybridized carbons (Fsp3) is 1.00. The highest BCUT2D eigenvalue weighted by molar-refractivity contribution is 7.87. The lowest BCUT2D eigenvalue weighted by atomic mass is 9.93. The summed E-state index contributed by atoms with van der Waals surface area (Å²) < 4.78 is 28.1. The summed E-state index contributed by atoms with van der Waals surface area (Å²) in [5.41, 5.74) is 5.79. The second-order valence-electron chi connectivity index (χ2n) is 4.32. The summed E-state index contributed by atoms with van der Waals surface area (Å²) in [5.74, 6) is 0. The van der Waals surface area contributed by atoms with Crippen molar-refractivity contribution in [2.24, 2.45) is 5.73 Å². The first kappa shape index (κ1) is 17.1. The quantitative estimate of drug-likeness (QED) is 0.786. The van der Waals surface area contributed by atoms with Crippen LogP contribution in [0.25, 0.3) is 0 Å². The van der Waals surface area contributed by atoms with Gasteiger partial charge in [-0.15, -0.1) is 12.4 Å². The van der Waals surface area contributed by atoms with Crippen LogP contribution in [-0.4, -0.2) is 37.9 Å². The predicted octanol–water partition coefficient (Wildman–Crippen LogP) is 0.854. The highest BCUT2D eigenvalue weighted by Crippen LogP contribution is 2.18. The summed E-state index contributed by atoms with van der Waals surface area (Å²) in [6.45, 7) is 4.72. The third-order valence-corrected chi connectivity index (χ3v) is 4.96. The molecule has 0 bridgehead atoms. The van der Waals surface area contributed by atoms with Crippen LogP contribution in [0, 0.1) is 0 Å². The minimum Gasteiger partial charge on any atom is -0.328 e. The van der Waals surface area contributed by atoms with Crippen LogP contribution in [0.2, 0.25) is 0 Å². The van der Waals surface area contributed by atoms with Crippen LogP contribution < -0.4 is 10.5 Å². The number of nitrogens with one attached hydrogen (secondary N) is 1. The highest BCUT2D eigenvalue weighted by atomic mass is 35.5. The zero-order chi connectivity index (χ0) is 12.2. The summed E-state index contributed by atoms with van der Waals surface area (Å²) >= 11 is 0. The third-order valence-electron chi connectivity index (χ3n) is 3.13. The molecule has 1 aliphatic carbocycles. The standard InChI is InChI=1S/C10H23N3O2S.ClH/c1-3-13(4-2)16(14,15)12-10-7-5-9(11)6-8-10;/h9-10,12H,3-8,11H2,1-2H3;1H. The molecule has 0 amide bonds. The predicted molar refractivity (Wildman–Crippen MR) is 72.5 cm³/mol. The molecule has 3 N–H and O–H groups in total. The van der Waals surface area contributed by atoms with E-state index < -0.39 is 10.2 Å². The van der Waals surface area contributed by atoms with Crippen molar-refractivity contribution in [3.05, 3.63) is 0 Å². The van der Waals surface area contributed by atoms with E-state index in [1.807, 2.05) is 13.8 Å². The highest BCUT2D eigenvalue weighted by Gasteiger charge is 2.25. The molecule has 104 valence electrons. The van der Waals surface area contributed by atoms with Crippen LogP contribution in [0.15, 0.2) is 0 Å². The zero-order valence-electron chi connectivity index (χ0n) is 10.6. The maximum absolute atomic E-state index is 11.9. The molecule has 0 aromatic heterocycles. The Kier molecular flexibility index (Phi) is 7.58. The fourth-order valence-corrected chi connectivity index (χ4v) is 3.57.